The van der Waals surface area contributed by atoms with Crippen molar-refractivity contribution in [1.29, 1.82) is 0 Å². The molecule has 1 aromatic carbocycles. The molecule has 2 unspecified atom stereocenters. The summed E-state index contributed by atoms with van der Waals surface area (Å²) >= 11 is 0. The second kappa shape index (κ2) is 3.62. The molecule has 1 heterocycles. The molecule has 15 heavy (non-hydrogen) atoms. The van der Waals surface area contributed by atoms with Crippen molar-refractivity contribution >= 4 is 0 Å². The lowest BCUT2D eigenvalue weighted by molar-refractivity contribution is -0.176. The molecule has 2 aliphatic rings. The molecule has 2 nitrogen and oxygen atoms in total. The Labute approximate surface area is 90.8 Å². The van der Waals surface area contributed by atoms with E-state index in [4.69, 9.17) is 4.84 Å². The summed E-state index contributed by atoms with van der Waals surface area (Å²) in [6.45, 7) is 1.09. The molecule has 3 rings (SSSR count). The average molecular weight is 203 g/mol. The van der Waals surface area contributed by atoms with Gasteiger partial charge in [-0.3, -0.25) is 0 Å². The van der Waals surface area contributed by atoms with E-state index < -0.39 is 0 Å². The number of hydrogen-bond donors (Lipinski definition) is 0. The molecule has 1 fully saturated rings. The highest BCUT2D eigenvalue weighted by Crippen LogP contribution is 2.41. The largest absolute Gasteiger partial charge is 0.302 e. The van der Waals surface area contributed by atoms with Crippen molar-refractivity contribution in [1.82, 2.24) is 5.06 Å². The van der Waals surface area contributed by atoms with E-state index in [1.165, 1.54) is 18.4 Å². The lowest BCUT2D eigenvalue weighted by Crippen LogP contribution is -2.41. The van der Waals surface area contributed by atoms with Crippen molar-refractivity contribution in [3.05, 3.63) is 35.4 Å². The van der Waals surface area contributed by atoms with E-state index in [2.05, 4.69) is 29.3 Å². The van der Waals surface area contributed by atoms with Crippen molar-refractivity contribution in [2.45, 2.75) is 31.2 Å². The second-order valence-electron chi connectivity index (χ2n) is 4.54. The highest BCUT2D eigenvalue weighted by atomic mass is 16.7. The zero-order valence-corrected chi connectivity index (χ0v) is 9.15. The molecule has 80 valence electrons. The maximum Gasteiger partial charge on any atom is 0.0575 e. The van der Waals surface area contributed by atoms with E-state index in [1.54, 1.807) is 12.7 Å². The lowest BCUT2D eigenvalue weighted by Gasteiger charge is -2.35. The molecule has 0 N–H and O–H groups in total. The smallest absolute Gasteiger partial charge is 0.0575 e. The average Bonchev–Trinajstić information content (AvgIpc) is 2.67. The van der Waals surface area contributed by atoms with Crippen LogP contribution in [0.5, 0.6) is 0 Å². The molecule has 0 aromatic heterocycles. The number of benzene rings is 1. The van der Waals surface area contributed by atoms with E-state index in [1.807, 2.05) is 0 Å². The van der Waals surface area contributed by atoms with Crippen molar-refractivity contribution in [3.63, 3.8) is 0 Å². The fourth-order valence-electron chi connectivity index (χ4n) is 3.17. The quantitative estimate of drug-likeness (QED) is 0.694. The van der Waals surface area contributed by atoms with E-state index in [0.29, 0.717) is 12.0 Å². The van der Waals surface area contributed by atoms with Gasteiger partial charge in [-0.15, -0.1) is 0 Å². The number of piperidine rings is 1. The summed E-state index contributed by atoms with van der Waals surface area (Å²) in [7, 11) is 1.80. The van der Waals surface area contributed by atoms with Gasteiger partial charge in [0.2, 0.25) is 0 Å². The van der Waals surface area contributed by atoms with Crippen molar-refractivity contribution in [2.24, 2.45) is 0 Å². The van der Waals surface area contributed by atoms with Crippen molar-refractivity contribution in [2.75, 3.05) is 13.7 Å². The monoisotopic (exact) mass is 203 g/mol. The third-order valence-electron chi connectivity index (χ3n) is 3.85. The maximum atomic E-state index is 5.47. The minimum Gasteiger partial charge on any atom is -0.302 e. The minimum atomic E-state index is 0.584. The SMILES string of the molecule is CON1CCCC2c3ccccc3CC21. The van der Waals surface area contributed by atoms with Crippen LogP contribution in [0.3, 0.4) is 0 Å². The summed E-state index contributed by atoms with van der Waals surface area (Å²) in [5.74, 6) is 0.704. The summed E-state index contributed by atoms with van der Waals surface area (Å²) in [5, 5.41) is 2.17. The summed E-state index contributed by atoms with van der Waals surface area (Å²) in [6, 6.07) is 9.45. The van der Waals surface area contributed by atoms with Gasteiger partial charge < -0.3 is 4.84 Å². The Morgan fingerprint density at radius 1 is 1.33 bits per heavy atom. The minimum absolute atomic E-state index is 0.584. The van der Waals surface area contributed by atoms with Gasteiger partial charge in [-0.1, -0.05) is 24.3 Å². The maximum absolute atomic E-state index is 5.47. The van der Waals surface area contributed by atoms with Crippen molar-refractivity contribution in [3.8, 4) is 0 Å². The Hall–Kier alpha value is -0.860. The Morgan fingerprint density at radius 3 is 3.07 bits per heavy atom. The Bertz CT molecular complexity index is 363. The molecule has 1 aliphatic heterocycles. The zero-order valence-electron chi connectivity index (χ0n) is 9.15. The predicted molar refractivity (Wildman–Crippen MR) is 59.6 cm³/mol. The molecule has 2 heteroatoms. The number of nitrogens with zero attached hydrogens (tertiary/aromatic N) is 1. The molecule has 1 aliphatic carbocycles. The van der Waals surface area contributed by atoms with E-state index in [9.17, 15) is 0 Å². The summed E-state index contributed by atoms with van der Waals surface area (Å²) in [4.78, 5) is 5.47. The van der Waals surface area contributed by atoms with E-state index in [-0.39, 0.29) is 0 Å². The first-order chi connectivity index (χ1) is 7.40. The molecule has 0 radical (unpaired) electrons. The fraction of sp³-hybridized carbons (Fsp3) is 0.538. The number of rotatable bonds is 1. The van der Waals surface area contributed by atoms with Crippen LogP contribution in [0.2, 0.25) is 0 Å². The van der Waals surface area contributed by atoms with Crippen LogP contribution in [0.4, 0.5) is 0 Å². The predicted octanol–water partition coefficient (Wildman–Crippen LogP) is 2.35. The van der Waals surface area contributed by atoms with Crippen LogP contribution < -0.4 is 0 Å². The number of hydroxylamine groups is 2. The molecule has 1 saturated heterocycles. The normalized spacial score (nSPS) is 29.9. The van der Waals surface area contributed by atoms with Crippen molar-refractivity contribution < 1.29 is 4.84 Å². The van der Waals surface area contributed by atoms with Gasteiger partial charge in [0.25, 0.3) is 0 Å². The van der Waals surface area contributed by atoms with Crippen LogP contribution in [0.15, 0.2) is 24.3 Å². The fourth-order valence-corrected chi connectivity index (χ4v) is 3.17. The molecule has 1 aromatic rings. The molecule has 0 bridgehead atoms. The van der Waals surface area contributed by atoms with Gasteiger partial charge in [0.05, 0.1) is 7.11 Å². The molecule has 0 saturated carbocycles. The molecular formula is C13H17NO. The third-order valence-corrected chi connectivity index (χ3v) is 3.85. The van der Waals surface area contributed by atoms with Crippen LogP contribution in [0, 0.1) is 0 Å². The molecular weight excluding hydrogens is 186 g/mol. The van der Waals surface area contributed by atoms with E-state index >= 15 is 0 Å². The molecule has 0 amide bonds. The highest BCUT2D eigenvalue weighted by Gasteiger charge is 2.38. The van der Waals surface area contributed by atoms with Crippen LogP contribution in [0.25, 0.3) is 0 Å². The summed E-state index contributed by atoms with van der Waals surface area (Å²) in [5.41, 5.74) is 3.08. The van der Waals surface area contributed by atoms with Crippen LogP contribution >= 0.6 is 0 Å². The highest BCUT2D eigenvalue weighted by molar-refractivity contribution is 5.37. The van der Waals surface area contributed by atoms with Gasteiger partial charge in [-0.2, -0.15) is 5.06 Å². The first kappa shape index (κ1) is 9.37. The summed E-state index contributed by atoms with van der Waals surface area (Å²) < 4.78 is 0. The van der Waals surface area contributed by atoms with Gasteiger partial charge in [0.1, 0.15) is 0 Å². The Morgan fingerprint density at radius 2 is 2.20 bits per heavy atom. The van der Waals surface area contributed by atoms with Gasteiger partial charge in [0.15, 0.2) is 0 Å². The van der Waals surface area contributed by atoms with Crippen LogP contribution in [0.1, 0.15) is 29.9 Å². The molecule has 0 spiro atoms. The van der Waals surface area contributed by atoms with Crippen LogP contribution in [-0.2, 0) is 11.3 Å². The topological polar surface area (TPSA) is 12.5 Å². The standard InChI is InChI=1S/C13H17NO/c1-15-14-8-4-7-12-11-6-3-2-5-10(11)9-13(12)14/h2-3,5-6,12-13H,4,7-9H2,1H3. The van der Waals surface area contributed by atoms with Gasteiger partial charge >= 0.3 is 0 Å². The Kier molecular flexibility index (Phi) is 2.26. The Balaban J connectivity index is 1.95. The third kappa shape index (κ3) is 1.40. The van der Waals surface area contributed by atoms with Crippen LogP contribution in [-0.4, -0.2) is 24.8 Å². The van der Waals surface area contributed by atoms with Gasteiger partial charge in [-0.05, 0) is 30.4 Å². The van der Waals surface area contributed by atoms with Gasteiger partial charge in [0, 0.05) is 18.5 Å². The summed E-state index contributed by atoms with van der Waals surface area (Å²) in [6.07, 6.45) is 3.74. The molecule has 2 atom stereocenters. The second-order valence-corrected chi connectivity index (χ2v) is 4.54. The number of hydrogen-bond acceptors (Lipinski definition) is 2. The first-order valence-corrected chi connectivity index (χ1v) is 5.78. The van der Waals surface area contributed by atoms with Gasteiger partial charge in [-0.25, -0.2) is 0 Å². The first-order valence-electron chi connectivity index (χ1n) is 5.78. The van der Waals surface area contributed by atoms with E-state index in [0.717, 1.165) is 13.0 Å². The number of fused-ring (bicyclic) bond motifs is 3. The lowest BCUT2D eigenvalue weighted by atomic mass is 9.90. The zero-order chi connectivity index (χ0) is 10.3.